The van der Waals surface area contributed by atoms with Crippen LogP contribution in [0.25, 0.3) is 0 Å². The maximum atomic E-state index is 11.6. The highest BCUT2D eigenvalue weighted by atomic mass is 16.3. The van der Waals surface area contributed by atoms with Gasteiger partial charge in [-0.25, -0.2) is 0 Å². The van der Waals surface area contributed by atoms with Gasteiger partial charge in [-0.2, -0.15) is 0 Å². The second-order valence-electron chi connectivity index (χ2n) is 4.16. The third-order valence-corrected chi connectivity index (χ3v) is 2.36. The van der Waals surface area contributed by atoms with E-state index in [4.69, 9.17) is 5.11 Å². The average Bonchev–Trinajstić information content (AvgIpc) is 2.21. The molecule has 1 N–H and O–H groups in total. The molecule has 0 bridgehead atoms. The fraction of sp³-hybridized carbons (Fsp3) is 0.778. The number of hydrogen-bond acceptors (Lipinski definition) is 3. The first-order valence-electron chi connectivity index (χ1n) is 4.37. The minimum atomic E-state index is -0.597. The summed E-state index contributed by atoms with van der Waals surface area (Å²) in [7, 11) is 0. The smallest absolute Gasteiger partial charge is 0.235 e. The van der Waals surface area contributed by atoms with Crippen molar-refractivity contribution in [3.05, 3.63) is 0 Å². The van der Waals surface area contributed by atoms with Crippen LogP contribution in [0.1, 0.15) is 27.2 Å². The van der Waals surface area contributed by atoms with Crippen molar-refractivity contribution in [1.29, 1.82) is 0 Å². The molecule has 13 heavy (non-hydrogen) atoms. The van der Waals surface area contributed by atoms with E-state index >= 15 is 0 Å². The Balaban J connectivity index is 2.89. The number of carbonyl (C=O) groups excluding carboxylic acids is 2. The topological polar surface area (TPSA) is 57.6 Å². The van der Waals surface area contributed by atoms with E-state index in [0.717, 1.165) is 0 Å². The Bertz CT molecular complexity index is 247. The first-order valence-corrected chi connectivity index (χ1v) is 4.37. The zero-order valence-electron chi connectivity index (χ0n) is 8.20. The number of aliphatic hydroxyl groups is 1. The lowest BCUT2D eigenvalue weighted by Gasteiger charge is -2.22. The van der Waals surface area contributed by atoms with Crippen molar-refractivity contribution in [3.8, 4) is 0 Å². The van der Waals surface area contributed by atoms with E-state index in [2.05, 4.69) is 0 Å². The molecule has 1 fully saturated rings. The lowest BCUT2D eigenvalue weighted by molar-refractivity contribution is -0.144. The van der Waals surface area contributed by atoms with E-state index in [1.165, 1.54) is 4.90 Å². The van der Waals surface area contributed by atoms with Gasteiger partial charge in [-0.1, -0.05) is 13.8 Å². The van der Waals surface area contributed by atoms with Crippen molar-refractivity contribution in [2.24, 2.45) is 5.41 Å². The van der Waals surface area contributed by atoms with E-state index in [0.29, 0.717) is 0 Å². The van der Waals surface area contributed by atoms with Crippen LogP contribution in [0.5, 0.6) is 0 Å². The molecule has 0 saturated carbocycles. The highest BCUT2D eigenvalue weighted by molar-refractivity contribution is 6.05. The second kappa shape index (κ2) is 3.10. The number of carbonyl (C=O) groups is 2. The number of nitrogens with zero attached hydrogens (tertiary/aromatic N) is 1. The SMILES string of the molecule is C[C@@H](CO)N1C(=O)CC(C)(C)C1=O. The molecule has 0 aromatic rings. The molecule has 1 heterocycles. The second-order valence-corrected chi connectivity index (χ2v) is 4.16. The highest BCUT2D eigenvalue weighted by Gasteiger charge is 2.46. The zero-order valence-corrected chi connectivity index (χ0v) is 8.20. The monoisotopic (exact) mass is 185 g/mol. The molecule has 74 valence electrons. The van der Waals surface area contributed by atoms with Gasteiger partial charge in [0.05, 0.1) is 18.1 Å². The molecule has 1 rings (SSSR count). The molecule has 0 spiro atoms. The van der Waals surface area contributed by atoms with Crippen molar-refractivity contribution < 1.29 is 14.7 Å². The van der Waals surface area contributed by atoms with Crippen LogP contribution in [0, 0.1) is 5.41 Å². The number of aliphatic hydroxyl groups excluding tert-OH is 1. The largest absolute Gasteiger partial charge is 0.394 e. The van der Waals surface area contributed by atoms with Crippen LogP contribution in [0.3, 0.4) is 0 Å². The van der Waals surface area contributed by atoms with E-state index in [9.17, 15) is 9.59 Å². The maximum absolute atomic E-state index is 11.6. The Hall–Kier alpha value is -0.900. The summed E-state index contributed by atoms with van der Waals surface area (Å²) in [5.74, 6) is -0.365. The Kier molecular flexibility index (Phi) is 2.43. The molecule has 2 amide bonds. The maximum Gasteiger partial charge on any atom is 0.235 e. The van der Waals surface area contributed by atoms with Crippen LogP contribution in [-0.2, 0) is 9.59 Å². The molecular weight excluding hydrogens is 170 g/mol. The molecule has 4 heteroatoms. The molecule has 1 aliphatic rings. The number of hydrogen-bond donors (Lipinski definition) is 1. The number of rotatable bonds is 2. The molecule has 1 saturated heterocycles. The van der Waals surface area contributed by atoms with Gasteiger partial charge in [0.1, 0.15) is 0 Å². The minimum absolute atomic E-state index is 0.173. The van der Waals surface area contributed by atoms with Gasteiger partial charge in [-0.05, 0) is 6.92 Å². The number of amides is 2. The van der Waals surface area contributed by atoms with Crippen LogP contribution in [0.2, 0.25) is 0 Å². The quantitative estimate of drug-likeness (QED) is 0.623. The van der Waals surface area contributed by atoms with E-state index in [1.807, 2.05) is 0 Å². The summed E-state index contributed by atoms with van der Waals surface area (Å²) in [5.41, 5.74) is -0.597. The Morgan fingerprint density at radius 2 is 2.08 bits per heavy atom. The molecule has 0 unspecified atom stereocenters. The Morgan fingerprint density at radius 3 is 2.38 bits per heavy atom. The molecule has 0 aromatic heterocycles. The average molecular weight is 185 g/mol. The van der Waals surface area contributed by atoms with Gasteiger partial charge >= 0.3 is 0 Å². The van der Waals surface area contributed by atoms with Crippen molar-refractivity contribution >= 4 is 11.8 Å². The lowest BCUT2D eigenvalue weighted by atomic mass is 9.92. The van der Waals surface area contributed by atoms with Gasteiger partial charge in [0, 0.05) is 6.42 Å². The van der Waals surface area contributed by atoms with Gasteiger partial charge < -0.3 is 5.11 Å². The van der Waals surface area contributed by atoms with E-state index in [-0.39, 0.29) is 24.8 Å². The van der Waals surface area contributed by atoms with E-state index < -0.39 is 11.5 Å². The van der Waals surface area contributed by atoms with Gasteiger partial charge in [-0.15, -0.1) is 0 Å². The molecular formula is C9H15NO3. The van der Waals surface area contributed by atoms with Crippen LogP contribution in [-0.4, -0.2) is 34.5 Å². The molecule has 0 aromatic carbocycles. The summed E-state index contributed by atoms with van der Waals surface area (Å²) in [6.45, 7) is 4.99. The fourth-order valence-electron chi connectivity index (χ4n) is 1.51. The molecule has 0 radical (unpaired) electrons. The minimum Gasteiger partial charge on any atom is -0.394 e. The zero-order chi connectivity index (χ0) is 10.2. The standard InChI is InChI=1S/C9H15NO3/c1-6(5-11)10-7(12)4-9(2,3)8(10)13/h6,11H,4-5H2,1-3H3/t6-/m0/s1. The molecule has 4 nitrogen and oxygen atoms in total. The highest BCUT2D eigenvalue weighted by Crippen LogP contribution is 2.32. The summed E-state index contributed by atoms with van der Waals surface area (Å²) < 4.78 is 0. The normalized spacial score (nSPS) is 23.8. The predicted octanol–water partition coefficient (Wildman–Crippen LogP) is 0.152. The van der Waals surface area contributed by atoms with Crippen LogP contribution in [0.15, 0.2) is 0 Å². The van der Waals surface area contributed by atoms with E-state index in [1.54, 1.807) is 20.8 Å². The summed E-state index contributed by atoms with van der Waals surface area (Å²) in [5, 5.41) is 8.85. The van der Waals surface area contributed by atoms with Crippen molar-refractivity contribution in [2.45, 2.75) is 33.2 Å². The van der Waals surface area contributed by atoms with Crippen molar-refractivity contribution in [3.63, 3.8) is 0 Å². The number of likely N-dealkylation sites (tertiary alicyclic amines) is 1. The van der Waals surface area contributed by atoms with Crippen molar-refractivity contribution in [1.82, 2.24) is 4.90 Å². The van der Waals surface area contributed by atoms with Gasteiger partial charge in [-0.3, -0.25) is 14.5 Å². The third-order valence-electron chi connectivity index (χ3n) is 2.36. The lowest BCUT2D eigenvalue weighted by Crippen LogP contribution is -2.41. The summed E-state index contributed by atoms with van der Waals surface area (Å²) in [6, 6.07) is -0.401. The van der Waals surface area contributed by atoms with Gasteiger partial charge in [0.2, 0.25) is 11.8 Å². The van der Waals surface area contributed by atoms with Gasteiger partial charge in [0.25, 0.3) is 0 Å². The number of imide groups is 1. The first kappa shape index (κ1) is 10.2. The van der Waals surface area contributed by atoms with Crippen LogP contribution < -0.4 is 0 Å². The molecule has 1 atom stereocenters. The summed E-state index contributed by atoms with van der Waals surface area (Å²) >= 11 is 0. The Labute approximate surface area is 77.5 Å². The molecule has 0 aliphatic carbocycles. The van der Waals surface area contributed by atoms with Gasteiger partial charge in [0.15, 0.2) is 0 Å². The van der Waals surface area contributed by atoms with Crippen LogP contribution in [0.4, 0.5) is 0 Å². The van der Waals surface area contributed by atoms with Crippen LogP contribution >= 0.6 is 0 Å². The summed E-state index contributed by atoms with van der Waals surface area (Å²) in [4.78, 5) is 24.2. The molecule has 1 aliphatic heterocycles. The fourth-order valence-corrected chi connectivity index (χ4v) is 1.51. The van der Waals surface area contributed by atoms with Crippen molar-refractivity contribution in [2.75, 3.05) is 6.61 Å². The Morgan fingerprint density at radius 1 is 1.54 bits per heavy atom. The first-order chi connectivity index (χ1) is 5.90. The third kappa shape index (κ3) is 1.58. The summed E-state index contributed by atoms with van der Waals surface area (Å²) in [6.07, 6.45) is 0.246. The predicted molar refractivity (Wildman–Crippen MR) is 46.8 cm³/mol.